The van der Waals surface area contributed by atoms with Crippen LogP contribution in [0.15, 0.2) is 90.0 Å². The number of aromatic nitrogens is 3. The predicted octanol–water partition coefficient (Wildman–Crippen LogP) is 4.67. The van der Waals surface area contributed by atoms with E-state index in [-0.39, 0.29) is 11.4 Å². The first-order valence-corrected chi connectivity index (χ1v) is 14.1. The fourth-order valence-electron chi connectivity index (χ4n) is 3.90. The average molecular weight is 562 g/mol. The van der Waals surface area contributed by atoms with Crippen LogP contribution in [0.5, 0.6) is 0 Å². The number of hydrogen-bond acceptors (Lipinski definition) is 5. The third-order valence-corrected chi connectivity index (χ3v) is 8.06. The minimum absolute atomic E-state index is 0.173. The van der Waals surface area contributed by atoms with E-state index in [0.29, 0.717) is 40.1 Å². The molecule has 0 atom stereocenters. The molecule has 0 amide bonds. The standard InChI is InChI=1S/C27H22BCl2N5O2S/c28-23-17-32-35-26(13-25(34-27(23)35)22-3-1-2-4-24(22)30)31-15-19-5-7-20(8-6-19)16-33-38(36,37)21-11-9-18(14-29)10-12-21/h1-13,17,31,33H,14-16H2. The summed E-state index contributed by atoms with van der Waals surface area (Å²) in [5.74, 6) is 1.04. The van der Waals surface area contributed by atoms with E-state index < -0.39 is 10.0 Å². The molecule has 2 heterocycles. The number of fused-ring (bicyclic) bond motifs is 1. The first-order chi connectivity index (χ1) is 18.3. The molecule has 38 heavy (non-hydrogen) atoms. The second kappa shape index (κ2) is 11.2. The number of anilines is 1. The Morgan fingerprint density at radius 2 is 1.55 bits per heavy atom. The zero-order chi connectivity index (χ0) is 26.7. The van der Waals surface area contributed by atoms with Gasteiger partial charge in [-0.1, -0.05) is 66.2 Å². The van der Waals surface area contributed by atoms with Crippen LogP contribution in [0.1, 0.15) is 16.7 Å². The lowest BCUT2D eigenvalue weighted by Crippen LogP contribution is -2.23. The van der Waals surface area contributed by atoms with Gasteiger partial charge >= 0.3 is 0 Å². The normalized spacial score (nSPS) is 11.6. The maximum Gasteiger partial charge on any atom is 0.240 e. The topological polar surface area (TPSA) is 88.4 Å². The molecule has 0 aliphatic heterocycles. The van der Waals surface area contributed by atoms with Gasteiger partial charge in [-0.05, 0) is 40.4 Å². The first kappa shape index (κ1) is 26.3. The van der Waals surface area contributed by atoms with Crippen LogP contribution < -0.4 is 15.5 Å². The van der Waals surface area contributed by atoms with E-state index in [2.05, 4.69) is 20.1 Å². The number of sulfonamides is 1. The average Bonchev–Trinajstić information content (AvgIpc) is 3.32. The van der Waals surface area contributed by atoms with Crippen molar-refractivity contribution in [2.45, 2.75) is 23.9 Å². The quantitative estimate of drug-likeness (QED) is 0.202. The molecular formula is C27H22BCl2N5O2S. The largest absolute Gasteiger partial charge is 0.366 e. The number of rotatable bonds is 9. The third-order valence-electron chi connectivity index (χ3n) is 6.00. The van der Waals surface area contributed by atoms with Crippen LogP contribution in [0.4, 0.5) is 5.82 Å². The van der Waals surface area contributed by atoms with Gasteiger partial charge < -0.3 is 5.32 Å². The fraction of sp³-hybridized carbons (Fsp3) is 0.111. The van der Waals surface area contributed by atoms with Gasteiger partial charge in [-0.3, -0.25) is 0 Å². The van der Waals surface area contributed by atoms with Gasteiger partial charge in [-0.15, -0.1) is 11.6 Å². The molecule has 5 aromatic rings. The Kier molecular flexibility index (Phi) is 7.72. The smallest absolute Gasteiger partial charge is 0.240 e. The number of alkyl halides is 1. The summed E-state index contributed by atoms with van der Waals surface area (Å²) in [4.78, 5) is 4.85. The molecule has 190 valence electrons. The van der Waals surface area contributed by atoms with Crippen LogP contribution in [0, 0.1) is 0 Å². The van der Waals surface area contributed by atoms with Crippen LogP contribution in [0.25, 0.3) is 16.9 Å². The van der Waals surface area contributed by atoms with Crippen molar-refractivity contribution in [3.63, 3.8) is 0 Å². The molecule has 2 N–H and O–H groups in total. The molecule has 0 unspecified atom stereocenters. The van der Waals surface area contributed by atoms with Gasteiger partial charge in [0, 0.05) is 41.8 Å². The summed E-state index contributed by atoms with van der Waals surface area (Å²) in [5, 5.41) is 8.33. The lowest BCUT2D eigenvalue weighted by Gasteiger charge is -2.12. The molecule has 5 rings (SSSR count). The highest BCUT2D eigenvalue weighted by atomic mass is 35.5. The molecule has 0 fully saturated rings. The number of nitrogens with zero attached hydrogens (tertiary/aromatic N) is 3. The summed E-state index contributed by atoms with van der Waals surface area (Å²) >= 11 is 12.2. The molecule has 7 nitrogen and oxygen atoms in total. The van der Waals surface area contributed by atoms with Gasteiger partial charge in [0.05, 0.1) is 10.6 Å². The van der Waals surface area contributed by atoms with Gasteiger partial charge in [-0.2, -0.15) is 9.61 Å². The van der Waals surface area contributed by atoms with Crippen LogP contribution in [-0.2, 0) is 29.0 Å². The SMILES string of the molecule is [B]c1cnn2c(NCc3ccc(CNS(=O)(=O)c4ccc(CCl)cc4)cc3)cc(-c3ccccc3Cl)nc12. The Balaban J connectivity index is 1.28. The Morgan fingerprint density at radius 1 is 0.895 bits per heavy atom. The molecule has 0 saturated heterocycles. The molecule has 0 bridgehead atoms. The zero-order valence-corrected chi connectivity index (χ0v) is 22.4. The molecular weight excluding hydrogens is 540 g/mol. The highest BCUT2D eigenvalue weighted by Crippen LogP contribution is 2.28. The maximum atomic E-state index is 12.6. The molecule has 3 aromatic carbocycles. The van der Waals surface area contributed by atoms with Crippen molar-refractivity contribution in [1.82, 2.24) is 19.3 Å². The molecule has 0 saturated carbocycles. The van der Waals surface area contributed by atoms with Crippen molar-refractivity contribution in [2.24, 2.45) is 0 Å². The van der Waals surface area contributed by atoms with Crippen LogP contribution in [0.2, 0.25) is 5.02 Å². The van der Waals surface area contributed by atoms with E-state index in [1.807, 2.05) is 54.6 Å². The first-order valence-electron chi connectivity index (χ1n) is 11.7. The van der Waals surface area contributed by atoms with Crippen molar-refractivity contribution in [1.29, 1.82) is 0 Å². The molecule has 0 aliphatic rings. The summed E-state index contributed by atoms with van der Waals surface area (Å²) in [6.45, 7) is 0.672. The van der Waals surface area contributed by atoms with E-state index in [0.717, 1.165) is 22.3 Å². The van der Waals surface area contributed by atoms with Crippen LogP contribution in [0.3, 0.4) is 0 Å². The summed E-state index contributed by atoms with van der Waals surface area (Å²) in [7, 11) is 2.47. The highest BCUT2D eigenvalue weighted by Gasteiger charge is 2.14. The third kappa shape index (κ3) is 5.71. The summed E-state index contributed by atoms with van der Waals surface area (Å²) < 4.78 is 29.5. The summed E-state index contributed by atoms with van der Waals surface area (Å²) in [6, 6.07) is 23.5. The second-order valence-electron chi connectivity index (χ2n) is 8.61. The molecule has 2 radical (unpaired) electrons. The van der Waals surface area contributed by atoms with Crippen molar-refractivity contribution in [2.75, 3.05) is 5.32 Å². The van der Waals surface area contributed by atoms with Crippen molar-refractivity contribution < 1.29 is 8.42 Å². The maximum absolute atomic E-state index is 12.6. The minimum Gasteiger partial charge on any atom is -0.366 e. The Labute approximate surface area is 232 Å². The van der Waals surface area contributed by atoms with E-state index in [9.17, 15) is 8.42 Å². The lowest BCUT2D eigenvalue weighted by molar-refractivity contribution is 0.581. The monoisotopic (exact) mass is 561 g/mol. The second-order valence-corrected chi connectivity index (χ2v) is 11.1. The number of benzene rings is 3. The van der Waals surface area contributed by atoms with Crippen molar-refractivity contribution in [3.05, 3.63) is 107 Å². The van der Waals surface area contributed by atoms with Gasteiger partial charge in [-0.25, -0.2) is 18.1 Å². The van der Waals surface area contributed by atoms with Crippen LogP contribution in [-0.4, -0.2) is 30.9 Å². The Hall–Kier alpha value is -3.37. The van der Waals surface area contributed by atoms with Gasteiger partial charge in [0.25, 0.3) is 0 Å². The molecule has 11 heteroatoms. The summed E-state index contributed by atoms with van der Waals surface area (Å²) in [5.41, 5.74) is 5.16. The van der Waals surface area contributed by atoms with Gasteiger partial charge in [0.15, 0.2) is 5.65 Å². The van der Waals surface area contributed by atoms with E-state index in [1.54, 1.807) is 35.0 Å². The Morgan fingerprint density at radius 3 is 2.24 bits per heavy atom. The van der Waals surface area contributed by atoms with Gasteiger partial charge in [0.2, 0.25) is 10.0 Å². The number of nitrogens with one attached hydrogen (secondary N) is 2. The fourth-order valence-corrected chi connectivity index (χ4v) is 5.33. The van der Waals surface area contributed by atoms with Crippen molar-refractivity contribution >= 4 is 58.0 Å². The predicted molar refractivity (Wildman–Crippen MR) is 153 cm³/mol. The number of hydrogen-bond donors (Lipinski definition) is 2. The minimum atomic E-state index is -3.63. The Bertz CT molecular complexity index is 1690. The van der Waals surface area contributed by atoms with E-state index >= 15 is 0 Å². The van der Waals surface area contributed by atoms with Crippen LogP contribution >= 0.6 is 23.2 Å². The lowest BCUT2D eigenvalue weighted by atomic mass is 10.0. The van der Waals surface area contributed by atoms with Crippen molar-refractivity contribution in [3.8, 4) is 11.3 Å². The van der Waals surface area contributed by atoms with E-state index in [1.165, 1.54) is 0 Å². The molecule has 2 aromatic heterocycles. The van der Waals surface area contributed by atoms with E-state index in [4.69, 9.17) is 31.0 Å². The zero-order valence-electron chi connectivity index (χ0n) is 20.1. The highest BCUT2D eigenvalue weighted by molar-refractivity contribution is 7.89. The molecule has 0 aliphatic carbocycles. The van der Waals surface area contributed by atoms with Gasteiger partial charge in [0.1, 0.15) is 13.7 Å². The number of halogens is 2. The molecule has 0 spiro atoms. The summed E-state index contributed by atoms with van der Waals surface area (Å²) in [6.07, 6.45) is 1.56.